The van der Waals surface area contributed by atoms with Crippen LogP contribution in [0.15, 0.2) is 4.99 Å². The smallest absolute Gasteiger partial charge is 0.413 e. The summed E-state index contributed by atoms with van der Waals surface area (Å²) < 4.78 is 19.4. The van der Waals surface area contributed by atoms with Gasteiger partial charge in [0.2, 0.25) is 0 Å². The lowest BCUT2D eigenvalue weighted by molar-refractivity contribution is -0.158. The second-order valence-corrected chi connectivity index (χ2v) is 22.6. The molecule has 11 heteroatoms. The fraction of sp³-hybridized carbons (Fsp3) is 0.909. The lowest BCUT2D eigenvalue weighted by atomic mass is 9.99. The summed E-state index contributed by atoms with van der Waals surface area (Å²) in [6.45, 7) is 24.0. The Morgan fingerprint density at radius 3 is 2.12 bits per heavy atom. The van der Waals surface area contributed by atoms with Gasteiger partial charge in [-0.3, -0.25) is 9.89 Å². The third-order valence-corrected chi connectivity index (χ3v) is 17.7. The van der Waals surface area contributed by atoms with E-state index in [0.717, 1.165) is 0 Å². The van der Waals surface area contributed by atoms with Crippen molar-refractivity contribution < 1.29 is 28.6 Å². The van der Waals surface area contributed by atoms with Crippen molar-refractivity contribution in [1.82, 2.24) is 4.90 Å². The van der Waals surface area contributed by atoms with Crippen molar-refractivity contribution in [2.24, 2.45) is 4.99 Å². The van der Waals surface area contributed by atoms with Gasteiger partial charge in [-0.1, -0.05) is 53.3 Å². The molecule has 1 fully saturated rings. The quantitative estimate of drug-likeness (QED) is 0.478. The number of carbonyl (C=O) groups is 1. The summed E-state index contributed by atoms with van der Waals surface area (Å²) in [5.74, 6) is 0. The van der Waals surface area contributed by atoms with Crippen LogP contribution in [0.5, 0.6) is 0 Å². The molecule has 2 aliphatic heterocycles. The van der Waals surface area contributed by atoms with Crippen molar-refractivity contribution in [2.75, 3.05) is 13.2 Å². The summed E-state index contributed by atoms with van der Waals surface area (Å²) in [5.41, 5.74) is -0.431. The molecule has 192 valence electrons. The van der Waals surface area contributed by atoms with Gasteiger partial charge in [-0.05, 0) is 43.2 Å². The molecule has 2 aliphatic rings. The van der Waals surface area contributed by atoms with Crippen LogP contribution in [0.1, 0.15) is 48.5 Å². The van der Waals surface area contributed by atoms with Gasteiger partial charge in [0.05, 0.1) is 12.7 Å². The number of nitrogens with zero attached hydrogens (tertiary/aromatic N) is 2. The third-order valence-electron chi connectivity index (χ3n) is 7.55. The van der Waals surface area contributed by atoms with Crippen LogP contribution in [0.25, 0.3) is 0 Å². The molecule has 8 nitrogen and oxygen atoms in total. The second-order valence-electron chi connectivity index (χ2n) is 12.0. The molecule has 0 unspecified atom stereocenters. The third kappa shape index (κ3) is 6.23. The second kappa shape index (κ2) is 9.90. The predicted octanol–water partition coefficient (Wildman–Crippen LogP) is 4.96. The summed E-state index contributed by atoms with van der Waals surface area (Å²) in [6, 6.07) is -0.480. The van der Waals surface area contributed by atoms with Gasteiger partial charge in [0.1, 0.15) is 23.7 Å². The highest BCUT2D eigenvalue weighted by Gasteiger charge is 2.54. The fourth-order valence-electron chi connectivity index (χ4n) is 3.18. The van der Waals surface area contributed by atoms with Crippen LogP contribution in [0.3, 0.4) is 0 Å². The minimum atomic E-state index is -2.25. The first-order valence-electron chi connectivity index (χ1n) is 11.7. The molecule has 5 atom stereocenters. The molecule has 1 amide bonds. The summed E-state index contributed by atoms with van der Waals surface area (Å²) in [5, 5.41) is 21.3. The van der Waals surface area contributed by atoms with Gasteiger partial charge >= 0.3 is 6.09 Å². The number of amides is 1. The van der Waals surface area contributed by atoms with E-state index in [0.29, 0.717) is 5.17 Å². The molecule has 2 rings (SSSR count). The fourth-order valence-corrected chi connectivity index (χ4v) is 6.79. The average molecular weight is 521 g/mol. The Hall–Kier alpha value is -0.436. The molecular formula is C22H44N2O6SSi2. The molecule has 0 saturated carbocycles. The zero-order valence-electron chi connectivity index (χ0n) is 22.1. The zero-order chi connectivity index (χ0) is 25.6. The highest BCUT2D eigenvalue weighted by atomic mass is 32.2. The lowest BCUT2D eigenvalue weighted by Gasteiger charge is -2.47. The van der Waals surface area contributed by atoms with Crippen LogP contribution < -0.4 is 0 Å². The van der Waals surface area contributed by atoms with Crippen LogP contribution in [0.2, 0.25) is 36.3 Å². The molecule has 0 aromatic heterocycles. The highest BCUT2D eigenvalue weighted by Crippen LogP contribution is 2.44. The van der Waals surface area contributed by atoms with Crippen molar-refractivity contribution in [2.45, 2.75) is 115 Å². The van der Waals surface area contributed by atoms with Crippen molar-refractivity contribution in [3.8, 4) is 0 Å². The number of amidine groups is 1. The van der Waals surface area contributed by atoms with Crippen LogP contribution in [-0.4, -0.2) is 86.0 Å². The van der Waals surface area contributed by atoms with E-state index in [9.17, 15) is 15.0 Å². The van der Waals surface area contributed by atoms with E-state index in [-0.39, 0.29) is 23.2 Å². The van der Waals surface area contributed by atoms with E-state index >= 15 is 0 Å². The van der Waals surface area contributed by atoms with E-state index in [1.165, 1.54) is 16.7 Å². The van der Waals surface area contributed by atoms with E-state index in [2.05, 4.69) is 72.7 Å². The number of rotatable bonds is 6. The molecule has 0 aromatic carbocycles. The number of carboxylic acid groups (broad SMARTS) is 1. The van der Waals surface area contributed by atoms with E-state index < -0.39 is 52.5 Å². The maximum atomic E-state index is 11.7. The molecule has 0 bridgehead atoms. The van der Waals surface area contributed by atoms with Gasteiger partial charge in [0, 0.05) is 6.54 Å². The van der Waals surface area contributed by atoms with Crippen LogP contribution >= 0.6 is 11.8 Å². The van der Waals surface area contributed by atoms with Crippen molar-refractivity contribution >= 4 is 39.7 Å². The summed E-state index contributed by atoms with van der Waals surface area (Å²) >= 11 is 1.29. The first kappa shape index (κ1) is 28.8. The number of aliphatic hydroxyl groups excluding tert-OH is 1. The Bertz CT molecular complexity index is 750. The van der Waals surface area contributed by atoms with Gasteiger partial charge in [-0.25, -0.2) is 4.79 Å². The first-order valence-corrected chi connectivity index (χ1v) is 18.4. The molecule has 1 saturated heterocycles. The maximum Gasteiger partial charge on any atom is 0.413 e. The molecule has 0 aliphatic carbocycles. The van der Waals surface area contributed by atoms with Gasteiger partial charge in [-0.15, -0.1) is 0 Å². The van der Waals surface area contributed by atoms with Crippen LogP contribution in [0.4, 0.5) is 4.79 Å². The number of ether oxygens (including phenoxy) is 1. The van der Waals surface area contributed by atoms with Gasteiger partial charge < -0.3 is 23.8 Å². The molecule has 2 N–H and O–H groups in total. The molecule has 2 heterocycles. The number of thioether (sulfide) groups is 1. The van der Waals surface area contributed by atoms with E-state index in [1.54, 1.807) is 6.92 Å². The Labute approximate surface area is 205 Å². The van der Waals surface area contributed by atoms with Crippen LogP contribution in [0, 0.1) is 0 Å². The van der Waals surface area contributed by atoms with E-state index in [1.807, 2.05) is 0 Å². The molecule has 33 heavy (non-hydrogen) atoms. The van der Waals surface area contributed by atoms with E-state index in [4.69, 9.17) is 13.6 Å². The number of aliphatic imine (C=N–C) groups is 1. The Morgan fingerprint density at radius 2 is 1.67 bits per heavy atom. The van der Waals surface area contributed by atoms with Gasteiger partial charge in [0.15, 0.2) is 21.8 Å². The van der Waals surface area contributed by atoms with Crippen molar-refractivity contribution in [3.05, 3.63) is 0 Å². The largest absolute Gasteiger partial charge is 0.465 e. The topological polar surface area (TPSA) is 101 Å². The number of aliphatic hydroxyl groups is 1. The maximum absolute atomic E-state index is 11.7. The zero-order valence-corrected chi connectivity index (χ0v) is 24.9. The number of hydrogen-bond donors (Lipinski definition) is 2. The van der Waals surface area contributed by atoms with Crippen molar-refractivity contribution in [3.63, 3.8) is 0 Å². The minimum Gasteiger partial charge on any atom is -0.465 e. The number of hydrogen-bond acceptors (Lipinski definition) is 7. The SMILES string of the molecule is CCN(C(=O)O)C1=N[C@@H]2[C@@H](O[Si](C)(C)C(C)(C)C)[C@H](O)[C@@H](CO[Si](C)(C)C(C)(C)C)O[C@@H]2S1. The first-order chi connectivity index (χ1) is 14.8. The Morgan fingerprint density at radius 1 is 1.12 bits per heavy atom. The Kier molecular flexibility index (Phi) is 8.64. The summed E-state index contributed by atoms with van der Waals surface area (Å²) in [7, 11) is -4.30. The van der Waals surface area contributed by atoms with Crippen LogP contribution in [-0.2, 0) is 13.6 Å². The normalized spacial score (nSPS) is 29.0. The Balaban J connectivity index is 2.34. The summed E-state index contributed by atoms with van der Waals surface area (Å²) in [4.78, 5) is 17.6. The highest BCUT2D eigenvalue weighted by molar-refractivity contribution is 8.14. The molecular weight excluding hydrogens is 476 g/mol. The molecule has 0 aromatic rings. The minimum absolute atomic E-state index is 0.0354. The monoisotopic (exact) mass is 520 g/mol. The predicted molar refractivity (Wildman–Crippen MR) is 139 cm³/mol. The standard InChI is InChI=1S/C22H44N2O6SSi2/c1-12-24(20(26)27)19-23-15-17(30-33(10,11)22(5,6)7)16(25)14(29-18(15)31-19)13-28-32(8,9)21(2,3)4/h14-18,25H,12-13H2,1-11H3,(H,26,27)/t14-,15-,16-,17-,18-/m1/s1. The lowest BCUT2D eigenvalue weighted by Crippen LogP contribution is -2.61. The van der Waals surface area contributed by atoms with Crippen molar-refractivity contribution in [1.29, 1.82) is 0 Å². The average Bonchev–Trinajstić information content (AvgIpc) is 3.04. The summed E-state index contributed by atoms with van der Waals surface area (Å²) in [6.07, 6.45) is -3.14. The number of fused-ring (bicyclic) bond motifs is 1. The van der Waals surface area contributed by atoms with Gasteiger partial charge in [0.25, 0.3) is 0 Å². The molecule has 0 spiro atoms. The molecule has 0 radical (unpaired) electrons. The van der Waals surface area contributed by atoms with Gasteiger partial charge in [-0.2, -0.15) is 0 Å².